The van der Waals surface area contributed by atoms with E-state index in [1.807, 2.05) is 16.4 Å². The highest BCUT2D eigenvalue weighted by atomic mass is 32.2. The topological polar surface area (TPSA) is 52.9 Å². The number of amides is 1. The molecule has 1 amide bonds. The van der Waals surface area contributed by atoms with Crippen molar-refractivity contribution < 1.29 is 10.0 Å². The number of carbonyl (C=O) groups excluding carboxylic acids is 1. The van der Waals surface area contributed by atoms with Gasteiger partial charge in [0.15, 0.2) is 0 Å². The Hall–Kier alpha value is -1.75. The number of thioether (sulfide) groups is 1. The number of fused-ring (bicyclic) bond motifs is 1. The Kier molecular flexibility index (Phi) is 4.36. The van der Waals surface area contributed by atoms with Crippen LogP contribution >= 0.6 is 11.8 Å². The van der Waals surface area contributed by atoms with Gasteiger partial charge in [-0.25, -0.2) is 0 Å². The van der Waals surface area contributed by atoms with Crippen LogP contribution in [-0.4, -0.2) is 40.1 Å². The van der Waals surface area contributed by atoms with Crippen LogP contribution in [0.25, 0.3) is 0 Å². The molecule has 2 fully saturated rings. The molecule has 0 bridgehead atoms. The van der Waals surface area contributed by atoms with Gasteiger partial charge in [-0.3, -0.25) is 4.79 Å². The fraction of sp³-hybridized carbons (Fsp3) is 0.500. The van der Waals surface area contributed by atoms with Crippen LogP contribution in [0.1, 0.15) is 38.2 Å². The first-order valence-electron chi connectivity index (χ1n) is 9.03. The SMILES string of the molecule is CC1(c2ccccc2)CCN(C(=O)C2=CSC3/C(=N\O)CCCC23)C1. The van der Waals surface area contributed by atoms with Crippen LogP contribution in [-0.2, 0) is 10.2 Å². The van der Waals surface area contributed by atoms with Crippen molar-refractivity contribution in [3.63, 3.8) is 0 Å². The van der Waals surface area contributed by atoms with E-state index in [4.69, 9.17) is 0 Å². The van der Waals surface area contributed by atoms with Crippen molar-refractivity contribution in [2.75, 3.05) is 13.1 Å². The first-order chi connectivity index (χ1) is 12.1. The van der Waals surface area contributed by atoms with Crippen molar-refractivity contribution in [2.24, 2.45) is 11.1 Å². The predicted octanol–water partition coefficient (Wildman–Crippen LogP) is 3.81. The minimum Gasteiger partial charge on any atom is -0.411 e. The van der Waals surface area contributed by atoms with Gasteiger partial charge in [0.2, 0.25) is 0 Å². The van der Waals surface area contributed by atoms with Gasteiger partial charge < -0.3 is 10.1 Å². The zero-order chi connectivity index (χ0) is 17.4. The summed E-state index contributed by atoms with van der Waals surface area (Å²) in [5, 5.41) is 14.9. The zero-order valence-electron chi connectivity index (χ0n) is 14.5. The minimum atomic E-state index is 0.0346. The van der Waals surface area contributed by atoms with E-state index in [0.717, 1.165) is 50.1 Å². The Morgan fingerprint density at radius 2 is 2.16 bits per heavy atom. The lowest BCUT2D eigenvalue weighted by Crippen LogP contribution is -2.38. The van der Waals surface area contributed by atoms with Gasteiger partial charge in [0.25, 0.3) is 5.91 Å². The standard InChI is InChI=1S/C20H24N2O2S/c1-20(14-6-3-2-4-7-14)10-11-22(13-20)19(23)16-12-25-18-15(16)8-5-9-17(18)21-24/h2-4,6-7,12,15,18,24H,5,8-11,13H2,1H3/b21-17-. The van der Waals surface area contributed by atoms with Gasteiger partial charge in [-0.1, -0.05) is 42.4 Å². The monoisotopic (exact) mass is 356 g/mol. The Balaban J connectivity index is 1.49. The summed E-state index contributed by atoms with van der Waals surface area (Å²) >= 11 is 1.65. The van der Waals surface area contributed by atoms with Crippen LogP contribution in [0.15, 0.2) is 46.5 Å². The van der Waals surface area contributed by atoms with Crippen molar-refractivity contribution in [3.8, 4) is 0 Å². The smallest absolute Gasteiger partial charge is 0.250 e. The molecule has 132 valence electrons. The molecular weight excluding hydrogens is 332 g/mol. The zero-order valence-corrected chi connectivity index (χ0v) is 15.3. The van der Waals surface area contributed by atoms with Gasteiger partial charge in [0, 0.05) is 30.0 Å². The lowest BCUT2D eigenvalue weighted by Gasteiger charge is -2.29. The van der Waals surface area contributed by atoms with Gasteiger partial charge in [-0.05, 0) is 36.7 Å². The molecule has 1 saturated heterocycles. The summed E-state index contributed by atoms with van der Waals surface area (Å²) in [4.78, 5) is 15.2. The molecular formula is C20H24N2O2S. The van der Waals surface area contributed by atoms with E-state index in [1.165, 1.54) is 5.56 Å². The quantitative estimate of drug-likeness (QED) is 0.648. The molecule has 1 N–H and O–H groups in total. The molecule has 0 aromatic heterocycles. The summed E-state index contributed by atoms with van der Waals surface area (Å²) < 4.78 is 0. The van der Waals surface area contributed by atoms with Gasteiger partial charge in [0.1, 0.15) is 0 Å². The molecule has 1 aromatic carbocycles. The van der Waals surface area contributed by atoms with Gasteiger partial charge in [-0.2, -0.15) is 0 Å². The Morgan fingerprint density at radius 3 is 2.92 bits per heavy atom. The Morgan fingerprint density at radius 1 is 1.36 bits per heavy atom. The lowest BCUT2D eigenvalue weighted by molar-refractivity contribution is -0.126. The maximum atomic E-state index is 13.2. The molecule has 0 radical (unpaired) electrons. The average molecular weight is 356 g/mol. The third kappa shape index (κ3) is 2.88. The van der Waals surface area contributed by atoms with Crippen LogP contribution < -0.4 is 0 Å². The fourth-order valence-electron chi connectivity index (χ4n) is 4.46. The van der Waals surface area contributed by atoms with E-state index in [1.54, 1.807) is 11.8 Å². The maximum Gasteiger partial charge on any atom is 0.250 e. The van der Waals surface area contributed by atoms with E-state index in [-0.39, 0.29) is 22.5 Å². The van der Waals surface area contributed by atoms with E-state index >= 15 is 0 Å². The Labute approximate surface area is 153 Å². The third-order valence-electron chi connectivity index (χ3n) is 5.99. The summed E-state index contributed by atoms with van der Waals surface area (Å²) in [6.45, 7) is 3.84. The molecule has 4 nitrogen and oxygen atoms in total. The van der Waals surface area contributed by atoms with Crippen LogP contribution in [0, 0.1) is 5.92 Å². The molecule has 2 aliphatic heterocycles. The number of likely N-dealkylation sites (tertiary alicyclic amines) is 1. The molecule has 5 heteroatoms. The Bertz CT molecular complexity index is 730. The van der Waals surface area contributed by atoms with Gasteiger partial charge in [-0.15, -0.1) is 11.8 Å². The molecule has 1 aromatic rings. The molecule has 3 atom stereocenters. The van der Waals surface area contributed by atoms with Crippen LogP contribution in [0.2, 0.25) is 0 Å². The maximum absolute atomic E-state index is 13.2. The first kappa shape index (κ1) is 16.7. The predicted molar refractivity (Wildman–Crippen MR) is 101 cm³/mol. The van der Waals surface area contributed by atoms with Gasteiger partial charge in [0.05, 0.1) is 11.0 Å². The van der Waals surface area contributed by atoms with Crippen LogP contribution in [0.4, 0.5) is 0 Å². The highest BCUT2D eigenvalue weighted by molar-refractivity contribution is 8.03. The van der Waals surface area contributed by atoms with E-state index in [2.05, 4.69) is 36.3 Å². The number of carbonyl (C=O) groups is 1. The molecule has 3 unspecified atom stereocenters. The first-order valence-corrected chi connectivity index (χ1v) is 9.98. The number of rotatable bonds is 2. The van der Waals surface area contributed by atoms with E-state index in [0.29, 0.717) is 0 Å². The number of hydrogen-bond acceptors (Lipinski definition) is 4. The van der Waals surface area contributed by atoms with E-state index < -0.39 is 0 Å². The summed E-state index contributed by atoms with van der Waals surface area (Å²) in [5.74, 6) is 0.388. The lowest BCUT2D eigenvalue weighted by atomic mass is 9.81. The summed E-state index contributed by atoms with van der Waals surface area (Å²) in [7, 11) is 0. The number of benzene rings is 1. The van der Waals surface area contributed by atoms with Gasteiger partial charge >= 0.3 is 0 Å². The molecule has 25 heavy (non-hydrogen) atoms. The average Bonchev–Trinajstić information content (AvgIpc) is 3.26. The normalized spacial score (nSPS) is 33.4. The van der Waals surface area contributed by atoms with E-state index in [9.17, 15) is 10.0 Å². The third-order valence-corrected chi connectivity index (χ3v) is 7.27. The molecule has 4 rings (SSSR count). The summed E-state index contributed by atoms with van der Waals surface area (Å²) in [6.07, 6.45) is 3.85. The van der Waals surface area contributed by atoms with Crippen molar-refractivity contribution >= 4 is 23.4 Å². The number of oxime groups is 1. The largest absolute Gasteiger partial charge is 0.411 e. The molecule has 1 aliphatic carbocycles. The van der Waals surface area contributed by atoms with Crippen LogP contribution in [0.3, 0.4) is 0 Å². The second-order valence-corrected chi connectivity index (χ2v) is 8.64. The van der Waals surface area contributed by atoms with Crippen molar-refractivity contribution in [2.45, 2.75) is 43.3 Å². The second-order valence-electron chi connectivity index (χ2n) is 7.62. The number of nitrogens with zero attached hydrogens (tertiary/aromatic N) is 2. The molecule has 1 saturated carbocycles. The van der Waals surface area contributed by atoms with Crippen molar-refractivity contribution in [1.29, 1.82) is 0 Å². The van der Waals surface area contributed by atoms with Crippen LogP contribution in [0.5, 0.6) is 0 Å². The highest BCUT2D eigenvalue weighted by Gasteiger charge is 2.44. The summed E-state index contributed by atoms with van der Waals surface area (Å²) in [5.41, 5.74) is 3.11. The summed E-state index contributed by atoms with van der Waals surface area (Å²) in [6, 6.07) is 10.5. The fourth-order valence-corrected chi connectivity index (χ4v) is 5.83. The molecule has 2 heterocycles. The second kappa shape index (κ2) is 6.52. The minimum absolute atomic E-state index is 0.0346. The van der Waals surface area contributed by atoms with Crippen molar-refractivity contribution in [3.05, 3.63) is 46.9 Å². The van der Waals surface area contributed by atoms with Crippen molar-refractivity contribution in [1.82, 2.24) is 4.90 Å². The highest BCUT2D eigenvalue weighted by Crippen LogP contribution is 2.45. The molecule has 3 aliphatic rings. The molecule has 0 spiro atoms. The number of hydrogen-bond donors (Lipinski definition) is 1.